The Kier molecular flexibility index (Phi) is 5.25. The molecule has 2 aromatic carbocycles. The molecule has 1 aliphatic carbocycles. The van der Waals surface area contributed by atoms with Crippen LogP contribution in [0.25, 0.3) is 11.0 Å². The number of fused-ring (bicyclic) bond motifs is 2. The predicted molar refractivity (Wildman–Crippen MR) is 137 cm³/mol. The van der Waals surface area contributed by atoms with Crippen LogP contribution in [0.2, 0.25) is 10.0 Å². The van der Waals surface area contributed by atoms with Crippen molar-refractivity contribution < 1.29 is 9.21 Å². The van der Waals surface area contributed by atoms with Gasteiger partial charge in [-0.1, -0.05) is 41.4 Å². The number of carbonyl (C=O) groups excluding carboxylic acids is 1. The summed E-state index contributed by atoms with van der Waals surface area (Å²) in [7, 11) is 0. The summed E-state index contributed by atoms with van der Waals surface area (Å²) in [5.74, 6) is 0.0939. The summed E-state index contributed by atoms with van der Waals surface area (Å²) in [4.78, 5) is 28.4. The van der Waals surface area contributed by atoms with Gasteiger partial charge in [0.1, 0.15) is 6.26 Å². The van der Waals surface area contributed by atoms with Crippen LogP contribution in [0.15, 0.2) is 80.7 Å². The lowest BCUT2D eigenvalue weighted by atomic mass is 9.81. The monoisotopic (exact) mass is 508 g/mol. The molecule has 170 valence electrons. The lowest BCUT2D eigenvalue weighted by molar-refractivity contribution is -0.116. The van der Waals surface area contributed by atoms with Crippen molar-refractivity contribution in [3.63, 3.8) is 0 Å². The number of thiophene rings is 1. The zero-order chi connectivity index (χ0) is 23.4. The minimum absolute atomic E-state index is 0.001000. The Balaban J connectivity index is 1.55. The average molecular weight is 509 g/mol. The minimum Gasteiger partial charge on any atom is -0.462 e. The van der Waals surface area contributed by atoms with Crippen LogP contribution < -0.4 is 16.1 Å². The normalized spacial score (nSPS) is 19.8. The van der Waals surface area contributed by atoms with Crippen LogP contribution in [-0.2, 0) is 4.79 Å². The summed E-state index contributed by atoms with van der Waals surface area (Å²) in [5.41, 5.74) is 3.36. The van der Waals surface area contributed by atoms with Crippen molar-refractivity contribution in [2.45, 2.75) is 24.8 Å². The summed E-state index contributed by atoms with van der Waals surface area (Å²) >= 11 is 14.1. The Bertz CT molecular complexity index is 1540. The standard InChI is InChI=1S/C26H18Cl2N2O3S/c27-14-10-15-25(32)16(12-33-26(15)17(28)11-14)24-23-20(29-18-4-1-2-5-19(18)30-24)8-13(9-21(23)31)22-6-3-7-34-22/h1-7,10-13,24,29-30H,8-9H2/t13-,24-/m1/s1. The van der Waals surface area contributed by atoms with E-state index in [1.54, 1.807) is 17.4 Å². The zero-order valence-corrected chi connectivity index (χ0v) is 20.1. The molecule has 5 nitrogen and oxygen atoms in total. The molecule has 34 heavy (non-hydrogen) atoms. The SMILES string of the molecule is O=C1C[C@H](c2cccs2)CC2=C1[C@@H](c1coc3c(Cl)cc(Cl)cc3c1=O)Nc1ccccc1N2. The predicted octanol–water partition coefficient (Wildman–Crippen LogP) is 7.14. The van der Waals surface area contributed by atoms with Crippen molar-refractivity contribution in [2.24, 2.45) is 0 Å². The number of allylic oxidation sites excluding steroid dienone is 1. The van der Waals surface area contributed by atoms with Crippen LogP contribution in [0.3, 0.4) is 0 Å². The quantitative estimate of drug-likeness (QED) is 0.301. The molecule has 3 heterocycles. The lowest BCUT2D eigenvalue weighted by Crippen LogP contribution is -2.29. The summed E-state index contributed by atoms with van der Waals surface area (Å²) in [5, 5.41) is 9.83. The van der Waals surface area contributed by atoms with Gasteiger partial charge in [0.05, 0.1) is 33.4 Å². The molecule has 2 N–H and O–H groups in total. The first-order chi connectivity index (χ1) is 16.5. The Morgan fingerprint density at radius 1 is 1.00 bits per heavy atom. The first kappa shape index (κ1) is 21.5. The van der Waals surface area contributed by atoms with Gasteiger partial charge < -0.3 is 15.1 Å². The highest BCUT2D eigenvalue weighted by Crippen LogP contribution is 2.44. The van der Waals surface area contributed by atoms with E-state index in [4.69, 9.17) is 27.6 Å². The van der Waals surface area contributed by atoms with Crippen molar-refractivity contribution >= 4 is 62.7 Å². The summed E-state index contributed by atoms with van der Waals surface area (Å²) in [6.45, 7) is 0. The van der Waals surface area contributed by atoms with Gasteiger partial charge in [0.2, 0.25) is 0 Å². The lowest BCUT2D eigenvalue weighted by Gasteiger charge is -2.29. The van der Waals surface area contributed by atoms with Crippen LogP contribution in [0.4, 0.5) is 11.4 Å². The van der Waals surface area contributed by atoms with Gasteiger partial charge in [-0.2, -0.15) is 0 Å². The van der Waals surface area contributed by atoms with Gasteiger partial charge >= 0.3 is 0 Å². The Morgan fingerprint density at radius 2 is 1.82 bits per heavy atom. The summed E-state index contributed by atoms with van der Waals surface area (Å²) < 4.78 is 5.80. The number of halogens is 2. The third-order valence-corrected chi connectivity index (χ3v) is 7.92. The number of nitrogens with one attached hydrogen (secondary N) is 2. The Morgan fingerprint density at radius 3 is 2.62 bits per heavy atom. The van der Waals surface area contributed by atoms with E-state index in [0.717, 1.165) is 17.1 Å². The number of benzene rings is 2. The number of carbonyl (C=O) groups is 1. The molecule has 0 unspecified atom stereocenters. The Labute approximate surface area is 209 Å². The van der Waals surface area contributed by atoms with Gasteiger partial charge in [-0.05, 0) is 42.1 Å². The molecule has 0 radical (unpaired) electrons. The van der Waals surface area contributed by atoms with E-state index in [-0.39, 0.29) is 33.1 Å². The number of rotatable bonds is 2. The third kappa shape index (κ3) is 3.54. The molecule has 4 aromatic rings. The third-order valence-electron chi connectivity index (χ3n) is 6.38. The zero-order valence-electron chi connectivity index (χ0n) is 17.7. The fourth-order valence-corrected chi connectivity index (χ4v) is 6.20. The van der Waals surface area contributed by atoms with E-state index in [1.165, 1.54) is 17.2 Å². The van der Waals surface area contributed by atoms with Crippen molar-refractivity contribution in [2.75, 3.05) is 10.6 Å². The van der Waals surface area contributed by atoms with Gasteiger partial charge in [0, 0.05) is 33.5 Å². The second-order valence-corrected chi connectivity index (χ2v) is 10.3. The van der Waals surface area contributed by atoms with Crippen molar-refractivity contribution in [3.8, 4) is 0 Å². The highest BCUT2D eigenvalue weighted by atomic mass is 35.5. The Hall–Kier alpha value is -3.06. The van der Waals surface area contributed by atoms with E-state index < -0.39 is 6.04 Å². The molecule has 0 saturated carbocycles. The molecular weight excluding hydrogens is 491 g/mol. The van der Waals surface area contributed by atoms with Crippen LogP contribution in [0.5, 0.6) is 0 Å². The second kappa shape index (κ2) is 8.31. The fourth-order valence-electron chi connectivity index (χ4n) is 4.83. The summed E-state index contributed by atoms with van der Waals surface area (Å²) in [6, 6.07) is 14.2. The van der Waals surface area contributed by atoms with Gasteiger partial charge in [-0.25, -0.2) is 0 Å². The van der Waals surface area contributed by atoms with E-state index in [1.807, 2.05) is 35.7 Å². The smallest absolute Gasteiger partial charge is 0.198 e. The topological polar surface area (TPSA) is 71.3 Å². The van der Waals surface area contributed by atoms with E-state index in [0.29, 0.717) is 29.0 Å². The van der Waals surface area contributed by atoms with Gasteiger partial charge in [0.25, 0.3) is 0 Å². The fraction of sp³-hybridized carbons (Fsp3) is 0.154. The molecule has 0 fully saturated rings. The number of anilines is 2. The average Bonchev–Trinajstić information content (AvgIpc) is 3.29. The first-order valence-corrected chi connectivity index (χ1v) is 12.5. The number of Topliss-reactive ketones (excluding diaryl/α,β-unsaturated/α-hetero) is 1. The van der Waals surface area contributed by atoms with Crippen molar-refractivity contribution in [1.29, 1.82) is 0 Å². The first-order valence-electron chi connectivity index (χ1n) is 10.8. The molecule has 0 amide bonds. The van der Waals surface area contributed by atoms with Crippen molar-refractivity contribution in [3.05, 3.63) is 102 Å². The van der Waals surface area contributed by atoms with Crippen LogP contribution in [0.1, 0.15) is 35.2 Å². The van der Waals surface area contributed by atoms with Crippen LogP contribution in [-0.4, -0.2) is 5.78 Å². The molecule has 8 heteroatoms. The highest BCUT2D eigenvalue weighted by molar-refractivity contribution is 7.10. The molecule has 2 aliphatic rings. The molecule has 6 rings (SSSR count). The molecule has 1 aliphatic heterocycles. The molecule has 2 aromatic heterocycles. The molecular formula is C26H18Cl2N2O3S. The van der Waals surface area contributed by atoms with E-state index in [9.17, 15) is 9.59 Å². The molecule has 2 atom stereocenters. The maximum absolute atomic E-state index is 13.6. The highest BCUT2D eigenvalue weighted by Gasteiger charge is 2.37. The number of ketones is 1. The minimum atomic E-state index is -0.679. The van der Waals surface area contributed by atoms with E-state index >= 15 is 0 Å². The molecule has 0 bridgehead atoms. The second-order valence-electron chi connectivity index (χ2n) is 8.47. The largest absolute Gasteiger partial charge is 0.462 e. The van der Waals surface area contributed by atoms with Gasteiger partial charge in [-0.3, -0.25) is 9.59 Å². The molecule has 0 saturated heterocycles. The molecule has 0 spiro atoms. The van der Waals surface area contributed by atoms with Crippen LogP contribution in [0, 0.1) is 0 Å². The maximum Gasteiger partial charge on any atom is 0.198 e. The number of hydrogen-bond acceptors (Lipinski definition) is 6. The number of hydrogen-bond donors (Lipinski definition) is 2. The van der Waals surface area contributed by atoms with Crippen LogP contribution >= 0.6 is 34.5 Å². The summed E-state index contributed by atoms with van der Waals surface area (Å²) in [6.07, 6.45) is 2.45. The number of para-hydroxylation sites is 2. The van der Waals surface area contributed by atoms with Gasteiger partial charge in [-0.15, -0.1) is 11.3 Å². The maximum atomic E-state index is 13.6. The van der Waals surface area contributed by atoms with E-state index in [2.05, 4.69) is 16.7 Å². The van der Waals surface area contributed by atoms with Crippen molar-refractivity contribution in [1.82, 2.24) is 0 Å². The van der Waals surface area contributed by atoms with Gasteiger partial charge in [0.15, 0.2) is 16.8 Å².